The van der Waals surface area contributed by atoms with Crippen LogP contribution in [-0.2, 0) is 9.53 Å². The van der Waals surface area contributed by atoms with Crippen molar-refractivity contribution in [1.82, 2.24) is 5.32 Å². The summed E-state index contributed by atoms with van der Waals surface area (Å²) in [6.45, 7) is 8.90. The van der Waals surface area contributed by atoms with E-state index in [9.17, 15) is 14.7 Å². The van der Waals surface area contributed by atoms with Crippen molar-refractivity contribution in [2.45, 2.75) is 46.3 Å². The second-order valence-corrected chi connectivity index (χ2v) is 5.78. The van der Waals surface area contributed by atoms with Crippen molar-refractivity contribution in [1.29, 1.82) is 0 Å². The molecule has 0 radical (unpaired) electrons. The van der Waals surface area contributed by atoms with Crippen LogP contribution < -0.4 is 5.32 Å². The summed E-state index contributed by atoms with van der Waals surface area (Å²) in [5, 5.41) is 11.7. The van der Waals surface area contributed by atoms with Crippen LogP contribution in [0.15, 0.2) is 18.2 Å². The molecule has 0 saturated carbocycles. The average Bonchev–Trinajstić information content (AvgIpc) is 2.23. The van der Waals surface area contributed by atoms with Crippen LogP contribution in [0.2, 0.25) is 0 Å². The molecular formula is C15H21NO4. The molecule has 0 bridgehead atoms. The molecule has 0 unspecified atom stereocenters. The van der Waals surface area contributed by atoms with Gasteiger partial charge in [0.1, 0.15) is 5.60 Å². The topological polar surface area (TPSA) is 75.6 Å². The predicted octanol–water partition coefficient (Wildman–Crippen LogP) is 2.95. The minimum atomic E-state index is -1.12. The zero-order valence-corrected chi connectivity index (χ0v) is 12.5. The molecule has 110 valence electrons. The smallest absolute Gasteiger partial charge is 0.408 e. The summed E-state index contributed by atoms with van der Waals surface area (Å²) < 4.78 is 5.09. The Morgan fingerprint density at radius 2 is 1.85 bits per heavy atom. The molecule has 1 atom stereocenters. The Balaban J connectivity index is 2.96. The molecule has 1 aromatic rings. The van der Waals surface area contributed by atoms with Crippen LogP contribution in [-0.4, -0.2) is 22.8 Å². The Kier molecular flexibility index (Phi) is 4.76. The van der Waals surface area contributed by atoms with E-state index >= 15 is 0 Å². The molecule has 0 aromatic heterocycles. The monoisotopic (exact) mass is 279 g/mol. The maximum Gasteiger partial charge on any atom is 0.408 e. The predicted molar refractivity (Wildman–Crippen MR) is 75.7 cm³/mol. The van der Waals surface area contributed by atoms with Crippen molar-refractivity contribution in [3.63, 3.8) is 0 Å². The van der Waals surface area contributed by atoms with Crippen molar-refractivity contribution in [3.05, 3.63) is 34.9 Å². The Morgan fingerprint density at radius 3 is 2.30 bits per heavy atom. The van der Waals surface area contributed by atoms with Crippen LogP contribution in [0, 0.1) is 13.8 Å². The number of carbonyl (C=O) groups excluding carboxylic acids is 1. The average molecular weight is 279 g/mol. The minimum Gasteiger partial charge on any atom is -0.479 e. The highest BCUT2D eigenvalue weighted by Crippen LogP contribution is 2.20. The molecule has 0 aliphatic carbocycles. The number of amides is 1. The molecule has 1 aromatic carbocycles. The molecule has 0 saturated heterocycles. The summed E-state index contributed by atoms with van der Waals surface area (Å²) in [7, 11) is 0. The molecule has 5 nitrogen and oxygen atoms in total. The molecule has 0 aliphatic heterocycles. The zero-order valence-electron chi connectivity index (χ0n) is 12.5. The van der Waals surface area contributed by atoms with Gasteiger partial charge in [-0.25, -0.2) is 9.59 Å². The van der Waals surface area contributed by atoms with Gasteiger partial charge in [0.15, 0.2) is 6.04 Å². The lowest BCUT2D eigenvalue weighted by molar-refractivity contribution is -0.139. The number of benzene rings is 1. The highest BCUT2D eigenvalue weighted by molar-refractivity contribution is 5.81. The molecule has 2 N–H and O–H groups in total. The van der Waals surface area contributed by atoms with Crippen LogP contribution in [0.3, 0.4) is 0 Å². The van der Waals surface area contributed by atoms with Crippen LogP contribution in [0.1, 0.15) is 43.5 Å². The number of ether oxygens (including phenoxy) is 1. The first-order valence-corrected chi connectivity index (χ1v) is 6.39. The van der Waals surface area contributed by atoms with Crippen molar-refractivity contribution >= 4 is 12.1 Å². The molecule has 20 heavy (non-hydrogen) atoms. The van der Waals surface area contributed by atoms with Gasteiger partial charge in [-0.05, 0) is 45.7 Å². The fraction of sp³-hybridized carbons (Fsp3) is 0.467. The van der Waals surface area contributed by atoms with E-state index in [4.69, 9.17) is 4.74 Å². The molecule has 1 amide bonds. The van der Waals surface area contributed by atoms with E-state index < -0.39 is 23.7 Å². The minimum absolute atomic E-state index is 0.550. The first kappa shape index (κ1) is 16.0. The number of carbonyl (C=O) groups is 2. The van der Waals surface area contributed by atoms with E-state index in [1.807, 2.05) is 26.0 Å². The van der Waals surface area contributed by atoms with Crippen LogP contribution >= 0.6 is 0 Å². The Labute approximate surface area is 118 Å². The van der Waals surface area contributed by atoms with Crippen molar-refractivity contribution < 1.29 is 19.4 Å². The summed E-state index contributed by atoms with van der Waals surface area (Å²) in [5.74, 6) is -1.12. The van der Waals surface area contributed by atoms with E-state index in [-0.39, 0.29) is 0 Å². The van der Waals surface area contributed by atoms with Gasteiger partial charge in [0.25, 0.3) is 0 Å². The number of aliphatic carboxylic acids is 1. The van der Waals surface area contributed by atoms with Gasteiger partial charge in [-0.15, -0.1) is 0 Å². The van der Waals surface area contributed by atoms with Gasteiger partial charge in [-0.1, -0.05) is 23.8 Å². The SMILES string of the molecule is Cc1ccc([C@@H](NC(=O)OC(C)(C)C)C(=O)O)c(C)c1. The van der Waals surface area contributed by atoms with E-state index in [0.29, 0.717) is 5.56 Å². The van der Waals surface area contributed by atoms with Gasteiger partial charge in [0.05, 0.1) is 0 Å². The van der Waals surface area contributed by atoms with Crippen molar-refractivity contribution in [3.8, 4) is 0 Å². The molecule has 5 heteroatoms. The van der Waals surface area contributed by atoms with Crippen molar-refractivity contribution in [2.75, 3.05) is 0 Å². The van der Waals surface area contributed by atoms with Gasteiger partial charge in [-0.3, -0.25) is 0 Å². The zero-order chi connectivity index (χ0) is 15.5. The quantitative estimate of drug-likeness (QED) is 0.892. The summed E-state index contributed by atoms with van der Waals surface area (Å²) in [6.07, 6.45) is -0.745. The van der Waals surface area contributed by atoms with E-state index in [1.54, 1.807) is 26.8 Å². The highest BCUT2D eigenvalue weighted by Gasteiger charge is 2.26. The first-order chi connectivity index (χ1) is 9.10. The lowest BCUT2D eigenvalue weighted by Crippen LogP contribution is -2.38. The third-order valence-corrected chi connectivity index (χ3v) is 2.64. The normalized spacial score (nSPS) is 12.7. The molecule has 0 fully saturated rings. The van der Waals surface area contributed by atoms with Crippen LogP contribution in [0.5, 0.6) is 0 Å². The second-order valence-electron chi connectivity index (χ2n) is 5.78. The van der Waals surface area contributed by atoms with Crippen LogP contribution in [0.4, 0.5) is 4.79 Å². The van der Waals surface area contributed by atoms with Crippen LogP contribution in [0.25, 0.3) is 0 Å². The number of hydrogen-bond donors (Lipinski definition) is 2. The number of carboxylic acid groups (broad SMARTS) is 1. The highest BCUT2D eigenvalue weighted by atomic mass is 16.6. The number of alkyl carbamates (subject to hydrolysis) is 1. The fourth-order valence-electron chi connectivity index (χ4n) is 1.85. The third-order valence-electron chi connectivity index (χ3n) is 2.64. The largest absolute Gasteiger partial charge is 0.479 e. The Hall–Kier alpha value is -2.04. The molecule has 0 spiro atoms. The van der Waals surface area contributed by atoms with E-state index in [2.05, 4.69) is 5.32 Å². The van der Waals surface area contributed by atoms with Gasteiger partial charge in [-0.2, -0.15) is 0 Å². The number of aryl methyl sites for hydroxylation is 2. The summed E-state index contributed by atoms with van der Waals surface area (Å²) in [4.78, 5) is 23.1. The van der Waals surface area contributed by atoms with Gasteiger partial charge >= 0.3 is 12.1 Å². The van der Waals surface area contributed by atoms with Gasteiger partial charge in [0, 0.05) is 0 Å². The summed E-state index contributed by atoms with van der Waals surface area (Å²) in [6, 6.07) is 4.28. The molecule has 0 heterocycles. The number of rotatable bonds is 3. The lowest BCUT2D eigenvalue weighted by Gasteiger charge is -2.22. The molecule has 1 rings (SSSR count). The first-order valence-electron chi connectivity index (χ1n) is 6.39. The number of hydrogen-bond acceptors (Lipinski definition) is 3. The number of nitrogens with one attached hydrogen (secondary N) is 1. The van der Waals surface area contributed by atoms with E-state index in [1.165, 1.54) is 0 Å². The maximum absolute atomic E-state index is 11.7. The maximum atomic E-state index is 11.7. The Bertz CT molecular complexity index is 517. The summed E-state index contributed by atoms with van der Waals surface area (Å²) >= 11 is 0. The lowest BCUT2D eigenvalue weighted by atomic mass is 9.99. The second kappa shape index (κ2) is 5.94. The standard InChI is InChI=1S/C15H21NO4/c1-9-6-7-11(10(2)8-9)12(13(17)18)16-14(19)20-15(3,4)5/h6-8,12H,1-5H3,(H,16,19)(H,17,18)/t12-/m1/s1. The third kappa shape index (κ3) is 4.57. The summed E-state index contributed by atoms with van der Waals surface area (Å²) in [5.41, 5.74) is 1.73. The van der Waals surface area contributed by atoms with Gasteiger partial charge in [0.2, 0.25) is 0 Å². The van der Waals surface area contributed by atoms with E-state index in [0.717, 1.165) is 11.1 Å². The van der Waals surface area contributed by atoms with Gasteiger partial charge < -0.3 is 15.2 Å². The fourth-order valence-corrected chi connectivity index (χ4v) is 1.85. The molecule has 0 aliphatic rings. The van der Waals surface area contributed by atoms with Crippen molar-refractivity contribution in [2.24, 2.45) is 0 Å². The Morgan fingerprint density at radius 1 is 1.25 bits per heavy atom. The molecular weight excluding hydrogens is 258 g/mol. The number of carboxylic acids is 1.